The fourth-order valence-electron chi connectivity index (χ4n) is 5.61. The van der Waals surface area contributed by atoms with Crippen LogP contribution in [-0.2, 0) is 6.54 Å². The minimum Gasteiger partial charge on any atom is -0.507 e. The van der Waals surface area contributed by atoms with Crippen LogP contribution in [-0.4, -0.2) is 51.0 Å². The van der Waals surface area contributed by atoms with Crippen LogP contribution in [0.1, 0.15) is 18.0 Å². The molecule has 0 saturated carbocycles. The lowest BCUT2D eigenvalue weighted by Gasteiger charge is -2.42. The smallest absolute Gasteiger partial charge is 0.250 e. The molecule has 4 heterocycles. The van der Waals surface area contributed by atoms with Crippen molar-refractivity contribution >= 4 is 0 Å². The highest BCUT2D eigenvalue weighted by Crippen LogP contribution is 2.37. The Bertz CT molecular complexity index is 1390. The van der Waals surface area contributed by atoms with E-state index in [0.717, 1.165) is 55.1 Å². The Labute approximate surface area is 203 Å². The molecular formula is C28H28N4O3. The maximum absolute atomic E-state index is 12.2. The van der Waals surface area contributed by atoms with Gasteiger partial charge in [-0.05, 0) is 36.1 Å². The van der Waals surface area contributed by atoms with Gasteiger partial charge in [0, 0.05) is 61.1 Å². The Morgan fingerprint density at radius 1 is 1.00 bits per heavy atom. The van der Waals surface area contributed by atoms with Crippen LogP contribution in [0.25, 0.3) is 22.4 Å². The number of fused-ring (bicyclic) bond motifs is 4. The topological polar surface area (TPSA) is 83.4 Å². The van der Waals surface area contributed by atoms with Crippen LogP contribution < -0.4 is 10.3 Å². The number of aromatic hydroxyl groups is 1. The third kappa shape index (κ3) is 4.23. The first-order valence-electron chi connectivity index (χ1n) is 12.1. The zero-order chi connectivity index (χ0) is 23.8. The third-order valence-electron chi connectivity index (χ3n) is 7.19. The lowest BCUT2D eigenvalue weighted by molar-refractivity contribution is 0.104. The second-order valence-electron chi connectivity index (χ2n) is 9.51. The van der Waals surface area contributed by atoms with Crippen LogP contribution in [0.4, 0.5) is 0 Å². The van der Waals surface area contributed by atoms with Gasteiger partial charge in [-0.15, -0.1) is 0 Å². The first-order valence-corrected chi connectivity index (χ1v) is 12.1. The van der Waals surface area contributed by atoms with Crippen LogP contribution in [0, 0.1) is 5.92 Å². The van der Waals surface area contributed by atoms with E-state index in [1.807, 2.05) is 53.1 Å². The molecule has 2 bridgehead atoms. The van der Waals surface area contributed by atoms with Crippen LogP contribution in [0.3, 0.4) is 0 Å². The molecule has 7 heteroatoms. The molecule has 2 atom stereocenters. The van der Waals surface area contributed by atoms with E-state index in [-0.39, 0.29) is 11.3 Å². The molecule has 6 rings (SSSR count). The quantitative estimate of drug-likeness (QED) is 0.445. The number of hydrogen-bond acceptors (Lipinski definition) is 5. The molecule has 0 radical (unpaired) electrons. The van der Waals surface area contributed by atoms with Crippen molar-refractivity contribution in [1.29, 1.82) is 0 Å². The molecule has 2 aliphatic rings. The number of aromatic amines is 1. The molecule has 2 N–H and O–H groups in total. The molecule has 2 aromatic heterocycles. The number of ether oxygens (including phenoxy) is 1. The Balaban J connectivity index is 1.10. The minimum atomic E-state index is 0.114. The number of rotatable bonds is 6. The number of benzene rings is 2. The number of piperidine rings is 1. The fraction of sp³-hybridized carbons (Fsp3) is 0.286. The molecule has 1 fully saturated rings. The molecule has 0 unspecified atom stereocenters. The summed E-state index contributed by atoms with van der Waals surface area (Å²) in [7, 11) is 0. The van der Waals surface area contributed by atoms with E-state index in [1.165, 1.54) is 0 Å². The summed E-state index contributed by atoms with van der Waals surface area (Å²) < 4.78 is 7.96. The highest BCUT2D eigenvalue weighted by Gasteiger charge is 2.34. The normalized spacial score (nSPS) is 19.3. The summed E-state index contributed by atoms with van der Waals surface area (Å²) in [6.45, 7) is 4.07. The van der Waals surface area contributed by atoms with Gasteiger partial charge in [-0.1, -0.05) is 36.4 Å². The standard InChI is InChI=1S/C28H28N4O3/c33-26-14-22(9-10-23(26)28-24(15-29-30-28)20-5-2-1-3-6-20)35-12-11-31-16-19-13-21(18-31)25-7-4-8-27(34)32(25)17-19/h1-10,14-15,19,21,33H,11-13,16-18H2,(H,29,30)/t19-,21+/m1/s1. The SMILES string of the molecule is O=c1cccc2n1C[C@@H]1C[C@H]2CN(CCOc2ccc(-c3[nH]ncc3-c3ccccc3)c(O)c2)C1. The Morgan fingerprint density at radius 2 is 1.89 bits per heavy atom. The van der Waals surface area contributed by atoms with Crippen molar-refractivity contribution < 1.29 is 9.84 Å². The van der Waals surface area contributed by atoms with Crippen molar-refractivity contribution in [3.05, 3.63) is 89.0 Å². The maximum atomic E-state index is 12.2. The van der Waals surface area contributed by atoms with Gasteiger partial charge in [0.25, 0.3) is 5.56 Å². The van der Waals surface area contributed by atoms with Crippen LogP contribution in [0.5, 0.6) is 11.5 Å². The predicted molar refractivity (Wildman–Crippen MR) is 135 cm³/mol. The highest BCUT2D eigenvalue weighted by atomic mass is 16.5. The zero-order valence-corrected chi connectivity index (χ0v) is 19.4. The maximum Gasteiger partial charge on any atom is 0.250 e. The van der Waals surface area contributed by atoms with E-state index in [0.29, 0.717) is 29.8 Å². The summed E-state index contributed by atoms with van der Waals surface area (Å²) in [6.07, 6.45) is 2.92. The molecule has 0 aliphatic carbocycles. The molecule has 35 heavy (non-hydrogen) atoms. The number of nitrogens with zero attached hydrogens (tertiary/aromatic N) is 3. The zero-order valence-electron chi connectivity index (χ0n) is 19.4. The summed E-state index contributed by atoms with van der Waals surface area (Å²) in [5, 5.41) is 17.9. The van der Waals surface area contributed by atoms with Crippen LogP contribution >= 0.6 is 0 Å². The van der Waals surface area contributed by atoms with E-state index in [4.69, 9.17) is 4.74 Å². The van der Waals surface area contributed by atoms with E-state index in [2.05, 4.69) is 21.2 Å². The lowest BCUT2D eigenvalue weighted by Crippen LogP contribution is -2.48. The number of H-pyrrole nitrogens is 1. The number of likely N-dealkylation sites (tertiary alicyclic amines) is 1. The number of pyridine rings is 1. The molecule has 0 amide bonds. The van der Waals surface area contributed by atoms with Crippen molar-refractivity contribution in [2.24, 2.45) is 5.92 Å². The average molecular weight is 469 g/mol. The van der Waals surface area contributed by atoms with Gasteiger partial charge in [-0.3, -0.25) is 14.8 Å². The van der Waals surface area contributed by atoms with Crippen molar-refractivity contribution in [3.8, 4) is 33.9 Å². The molecular weight excluding hydrogens is 440 g/mol. The Morgan fingerprint density at radius 3 is 2.74 bits per heavy atom. The molecule has 0 spiro atoms. The number of nitrogens with one attached hydrogen (secondary N) is 1. The van der Waals surface area contributed by atoms with E-state index in [9.17, 15) is 9.90 Å². The number of aromatic nitrogens is 3. The third-order valence-corrected chi connectivity index (χ3v) is 7.19. The van der Waals surface area contributed by atoms with Gasteiger partial charge in [0.05, 0.1) is 11.9 Å². The van der Waals surface area contributed by atoms with Gasteiger partial charge in [0.2, 0.25) is 0 Å². The van der Waals surface area contributed by atoms with Crippen molar-refractivity contribution in [2.75, 3.05) is 26.2 Å². The Kier molecular flexibility index (Phi) is 5.62. The van der Waals surface area contributed by atoms with Gasteiger partial charge in [-0.2, -0.15) is 5.10 Å². The average Bonchev–Trinajstić information content (AvgIpc) is 3.35. The van der Waals surface area contributed by atoms with Crippen molar-refractivity contribution in [3.63, 3.8) is 0 Å². The number of phenols is 1. The van der Waals surface area contributed by atoms with Crippen LogP contribution in [0.2, 0.25) is 0 Å². The van der Waals surface area contributed by atoms with E-state index in [1.54, 1.807) is 18.3 Å². The molecule has 2 aromatic carbocycles. The van der Waals surface area contributed by atoms with Gasteiger partial charge >= 0.3 is 0 Å². The number of hydrogen-bond donors (Lipinski definition) is 2. The summed E-state index contributed by atoms with van der Waals surface area (Å²) in [6, 6.07) is 21.0. The number of phenolic OH excluding ortho intramolecular Hbond substituents is 1. The predicted octanol–water partition coefficient (Wildman–Crippen LogP) is 4.11. The molecule has 4 aromatic rings. The summed E-state index contributed by atoms with van der Waals surface area (Å²) in [5.41, 5.74) is 4.71. The van der Waals surface area contributed by atoms with Gasteiger partial charge < -0.3 is 14.4 Å². The monoisotopic (exact) mass is 468 g/mol. The van der Waals surface area contributed by atoms with E-state index >= 15 is 0 Å². The van der Waals surface area contributed by atoms with Crippen LogP contribution in [0.15, 0.2) is 77.7 Å². The van der Waals surface area contributed by atoms with Gasteiger partial charge in [0.15, 0.2) is 0 Å². The molecule has 178 valence electrons. The fourth-order valence-corrected chi connectivity index (χ4v) is 5.61. The summed E-state index contributed by atoms with van der Waals surface area (Å²) >= 11 is 0. The summed E-state index contributed by atoms with van der Waals surface area (Å²) in [5.74, 6) is 1.69. The first-order chi connectivity index (χ1) is 17.2. The molecule has 2 aliphatic heterocycles. The van der Waals surface area contributed by atoms with E-state index < -0.39 is 0 Å². The summed E-state index contributed by atoms with van der Waals surface area (Å²) in [4.78, 5) is 14.7. The largest absolute Gasteiger partial charge is 0.507 e. The minimum absolute atomic E-state index is 0.114. The first kappa shape index (κ1) is 21.7. The second-order valence-corrected chi connectivity index (χ2v) is 9.51. The molecule has 1 saturated heterocycles. The lowest BCUT2D eigenvalue weighted by atomic mass is 9.83. The highest BCUT2D eigenvalue weighted by molar-refractivity contribution is 5.83. The molecule has 7 nitrogen and oxygen atoms in total. The van der Waals surface area contributed by atoms with Crippen molar-refractivity contribution in [2.45, 2.75) is 18.9 Å². The van der Waals surface area contributed by atoms with Crippen molar-refractivity contribution in [1.82, 2.24) is 19.7 Å². The van der Waals surface area contributed by atoms with Gasteiger partial charge in [0.1, 0.15) is 18.1 Å². The van der Waals surface area contributed by atoms with Gasteiger partial charge in [-0.25, -0.2) is 0 Å². The Hall–Kier alpha value is -3.84. The second kappa shape index (κ2) is 9.07.